The van der Waals surface area contributed by atoms with Crippen LogP contribution in [0, 0.1) is 13.8 Å². The number of fused-ring (bicyclic) bond motifs is 3. The van der Waals surface area contributed by atoms with Gasteiger partial charge in [0.2, 0.25) is 5.78 Å². The molecule has 0 aromatic carbocycles. The number of imidazole rings is 2. The second kappa shape index (κ2) is 6.06. The van der Waals surface area contributed by atoms with Crippen LogP contribution in [0.5, 0.6) is 0 Å². The highest BCUT2D eigenvalue weighted by Crippen LogP contribution is 2.25. The summed E-state index contributed by atoms with van der Waals surface area (Å²) in [6, 6.07) is 0.260. The minimum Gasteiger partial charge on any atom is -0.311 e. The molecule has 0 amide bonds. The average Bonchev–Trinajstić information content (AvgIpc) is 3.09. The third kappa shape index (κ3) is 2.29. The topological polar surface area (TPSA) is 66.2 Å². The molecule has 0 N–H and O–H groups in total. The Morgan fingerprint density at radius 2 is 1.88 bits per heavy atom. The van der Waals surface area contributed by atoms with Gasteiger partial charge in [-0.2, -0.15) is 4.98 Å². The first-order valence-electron chi connectivity index (χ1n) is 8.65. The van der Waals surface area contributed by atoms with Gasteiger partial charge in [0.15, 0.2) is 11.2 Å². The molecule has 7 heteroatoms. The van der Waals surface area contributed by atoms with Gasteiger partial charge in [-0.15, -0.1) is 0 Å². The lowest BCUT2D eigenvalue weighted by molar-refractivity contribution is 0.532. The van der Waals surface area contributed by atoms with Crippen LogP contribution in [0.15, 0.2) is 21.7 Å². The summed E-state index contributed by atoms with van der Waals surface area (Å²) in [6.45, 7) is 10.4. The van der Waals surface area contributed by atoms with E-state index in [0.717, 1.165) is 23.6 Å². The van der Waals surface area contributed by atoms with Crippen LogP contribution in [-0.2, 0) is 13.6 Å². The molecule has 7 nitrogen and oxygen atoms in total. The van der Waals surface area contributed by atoms with Gasteiger partial charge in [-0.1, -0.05) is 19.1 Å². The van der Waals surface area contributed by atoms with E-state index < -0.39 is 0 Å². The molecule has 3 rings (SSSR count). The molecular weight excluding hydrogens is 318 g/mol. The number of hydrogen-bond donors (Lipinski definition) is 0. The molecular formula is C18H25N5O2. The summed E-state index contributed by atoms with van der Waals surface area (Å²) in [7, 11) is 1.67. The largest absolute Gasteiger partial charge is 0.332 e. The summed E-state index contributed by atoms with van der Waals surface area (Å²) in [5.74, 6) is 0.718. The summed E-state index contributed by atoms with van der Waals surface area (Å²) in [5, 5.41) is 0. The highest BCUT2D eigenvalue weighted by molar-refractivity contribution is 5.76. The van der Waals surface area contributed by atoms with Crippen molar-refractivity contribution in [3.63, 3.8) is 0 Å². The zero-order valence-electron chi connectivity index (χ0n) is 15.7. The SMILES string of the molecule is CC=CCn1c(=O)c2c(nc3n(C(C)CC)c(C)c(C)n23)n(C)c1=O. The van der Waals surface area contributed by atoms with Gasteiger partial charge in [-0.25, -0.2) is 4.79 Å². The van der Waals surface area contributed by atoms with Crippen molar-refractivity contribution in [2.75, 3.05) is 0 Å². The first-order chi connectivity index (χ1) is 11.8. The lowest BCUT2D eigenvalue weighted by atomic mass is 10.2. The highest BCUT2D eigenvalue weighted by atomic mass is 16.2. The number of aryl methyl sites for hydroxylation is 2. The third-order valence-electron chi connectivity index (χ3n) is 5.12. The van der Waals surface area contributed by atoms with E-state index in [1.807, 2.05) is 31.2 Å². The lowest BCUT2D eigenvalue weighted by Crippen LogP contribution is -2.39. The quantitative estimate of drug-likeness (QED) is 0.683. The minimum atomic E-state index is -0.346. The van der Waals surface area contributed by atoms with Crippen LogP contribution in [0.25, 0.3) is 16.9 Å². The molecule has 0 aliphatic heterocycles. The van der Waals surface area contributed by atoms with Crippen LogP contribution >= 0.6 is 0 Å². The monoisotopic (exact) mass is 343 g/mol. The van der Waals surface area contributed by atoms with Gasteiger partial charge in [-0.3, -0.25) is 18.3 Å². The van der Waals surface area contributed by atoms with Crippen LogP contribution in [0.4, 0.5) is 0 Å². The fourth-order valence-electron chi connectivity index (χ4n) is 3.36. The van der Waals surface area contributed by atoms with E-state index in [1.54, 1.807) is 13.1 Å². The maximum absolute atomic E-state index is 13.0. The summed E-state index contributed by atoms with van der Waals surface area (Å²) >= 11 is 0. The van der Waals surface area contributed by atoms with E-state index in [0.29, 0.717) is 11.2 Å². The first-order valence-corrected chi connectivity index (χ1v) is 8.65. The summed E-state index contributed by atoms with van der Waals surface area (Å²) in [4.78, 5) is 30.3. The van der Waals surface area contributed by atoms with E-state index in [-0.39, 0.29) is 23.8 Å². The molecule has 3 heterocycles. The van der Waals surface area contributed by atoms with Crippen molar-refractivity contribution in [2.24, 2.45) is 7.05 Å². The normalized spacial score (nSPS) is 13.5. The van der Waals surface area contributed by atoms with Gasteiger partial charge in [0.1, 0.15) is 0 Å². The maximum atomic E-state index is 13.0. The molecule has 0 saturated carbocycles. The average molecular weight is 343 g/mol. The minimum absolute atomic E-state index is 0.259. The molecule has 0 aliphatic carbocycles. The van der Waals surface area contributed by atoms with E-state index in [9.17, 15) is 9.59 Å². The molecule has 0 aliphatic rings. The smallest absolute Gasteiger partial charge is 0.311 e. The van der Waals surface area contributed by atoms with Gasteiger partial charge >= 0.3 is 5.69 Å². The van der Waals surface area contributed by atoms with Gasteiger partial charge in [0.05, 0.1) is 0 Å². The van der Waals surface area contributed by atoms with E-state index in [4.69, 9.17) is 0 Å². The Bertz CT molecular complexity index is 1110. The Morgan fingerprint density at radius 3 is 2.48 bits per heavy atom. The molecule has 3 aromatic heterocycles. The van der Waals surface area contributed by atoms with Crippen molar-refractivity contribution in [1.29, 1.82) is 0 Å². The molecule has 3 aromatic rings. The van der Waals surface area contributed by atoms with Crippen molar-refractivity contribution in [3.8, 4) is 0 Å². The van der Waals surface area contributed by atoms with Gasteiger partial charge in [0, 0.05) is 31.0 Å². The maximum Gasteiger partial charge on any atom is 0.332 e. The van der Waals surface area contributed by atoms with E-state index >= 15 is 0 Å². The Labute approximate surface area is 145 Å². The first kappa shape index (κ1) is 17.3. The van der Waals surface area contributed by atoms with Crippen molar-refractivity contribution in [3.05, 3.63) is 44.4 Å². The summed E-state index contributed by atoms with van der Waals surface area (Å²) < 4.78 is 6.76. The molecule has 0 spiro atoms. The molecule has 0 fully saturated rings. The van der Waals surface area contributed by atoms with Crippen molar-refractivity contribution in [1.82, 2.24) is 23.1 Å². The Balaban J connectivity index is 2.53. The number of allylic oxidation sites excluding steroid dienone is 2. The number of nitrogens with zero attached hydrogens (tertiary/aromatic N) is 5. The Morgan fingerprint density at radius 1 is 1.20 bits per heavy atom. The Hall–Kier alpha value is -2.57. The van der Waals surface area contributed by atoms with Gasteiger partial charge in [0.25, 0.3) is 5.56 Å². The summed E-state index contributed by atoms with van der Waals surface area (Å²) in [5.41, 5.74) is 2.32. The number of hydrogen-bond acceptors (Lipinski definition) is 3. The second-order valence-corrected chi connectivity index (χ2v) is 6.54. The van der Waals surface area contributed by atoms with Gasteiger partial charge in [-0.05, 0) is 34.1 Å². The lowest BCUT2D eigenvalue weighted by Gasteiger charge is -2.13. The molecule has 1 unspecified atom stereocenters. The zero-order chi connectivity index (χ0) is 18.5. The van der Waals surface area contributed by atoms with E-state index in [2.05, 4.69) is 23.4 Å². The fourth-order valence-corrected chi connectivity index (χ4v) is 3.36. The van der Waals surface area contributed by atoms with Gasteiger partial charge < -0.3 is 4.57 Å². The van der Waals surface area contributed by atoms with Crippen molar-refractivity contribution >= 4 is 16.9 Å². The molecule has 1 atom stereocenters. The van der Waals surface area contributed by atoms with Crippen LogP contribution < -0.4 is 11.2 Å². The number of rotatable bonds is 4. The van der Waals surface area contributed by atoms with Crippen LogP contribution in [0.2, 0.25) is 0 Å². The third-order valence-corrected chi connectivity index (χ3v) is 5.12. The zero-order valence-corrected chi connectivity index (χ0v) is 15.7. The highest BCUT2D eigenvalue weighted by Gasteiger charge is 2.23. The van der Waals surface area contributed by atoms with Crippen LogP contribution in [-0.4, -0.2) is 23.1 Å². The van der Waals surface area contributed by atoms with Crippen molar-refractivity contribution in [2.45, 2.75) is 53.6 Å². The fraction of sp³-hybridized carbons (Fsp3) is 0.500. The predicted molar refractivity (Wildman–Crippen MR) is 99.5 cm³/mol. The van der Waals surface area contributed by atoms with Crippen molar-refractivity contribution < 1.29 is 0 Å². The second-order valence-electron chi connectivity index (χ2n) is 6.54. The molecule has 0 saturated heterocycles. The van der Waals surface area contributed by atoms with Crippen LogP contribution in [0.1, 0.15) is 44.6 Å². The van der Waals surface area contributed by atoms with E-state index in [1.165, 1.54) is 9.13 Å². The van der Waals surface area contributed by atoms with Crippen LogP contribution in [0.3, 0.4) is 0 Å². The number of aromatic nitrogens is 5. The standard InChI is InChI=1S/C18H25N5O2/c1-7-9-10-21-16(24)14-15(20(6)18(21)25)19-17-22(11(3)8-2)12(4)13(5)23(14)17/h7,9,11H,8,10H2,1-6H3. The molecule has 0 bridgehead atoms. The summed E-state index contributed by atoms with van der Waals surface area (Å²) in [6.07, 6.45) is 4.59. The Kier molecular flexibility index (Phi) is 4.18. The molecule has 0 radical (unpaired) electrons. The predicted octanol–water partition coefficient (Wildman–Crippen LogP) is 2.31. The molecule has 134 valence electrons. The molecule has 25 heavy (non-hydrogen) atoms.